The Morgan fingerprint density at radius 1 is 1.30 bits per heavy atom. The second kappa shape index (κ2) is 7.37. The van der Waals surface area contributed by atoms with Gasteiger partial charge < -0.3 is 21.7 Å². The summed E-state index contributed by atoms with van der Waals surface area (Å²) >= 11 is 0. The highest BCUT2D eigenvalue weighted by Crippen LogP contribution is 2.19. The number of amides is 2. The first-order valence-electron chi connectivity index (χ1n) is 6.56. The van der Waals surface area contributed by atoms with E-state index in [4.69, 9.17) is 5.73 Å². The van der Waals surface area contributed by atoms with E-state index in [9.17, 15) is 9.59 Å². The van der Waals surface area contributed by atoms with E-state index in [1.807, 2.05) is 13.8 Å². The number of carbonyl (C=O) groups excluding carboxylic acids is 2. The van der Waals surface area contributed by atoms with E-state index in [0.29, 0.717) is 29.4 Å². The number of benzene rings is 1. The second-order valence-corrected chi connectivity index (χ2v) is 4.93. The lowest BCUT2D eigenvalue weighted by atomic mass is 10.1. The van der Waals surface area contributed by atoms with Crippen LogP contribution in [0.1, 0.15) is 24.2 Å². The molecule has 0 heterocycles. The summed E-state index contributed by atoms with van der Waals surface area (Å²) in [5.41, 5.74) is 7.40. The van der Waals surface area contributed by atoms with Gasteiger partial charge in [0.1, 0.15) is 0 Å². The van der Waals surface area contributed by atoms with Crippen LogP contribution in [0.15, 0.2) is 18.2 Å². The largest absolute Gasteiger partial charge is 0.397 e. The van der Waals surface area contributed by atoms with E-state index in [0.717, 1.165) is 0 Å². The molecule has 1 aromatic carbocycles. The van der Waals surface area contributed by atoms with E-state index in [2.05, 4.69) is 16.0 Å². The smallest absolute Gasteiger partial charge is 0.251 e. The monoisotopic (exact) mass is 278 g/mol. The number of hydrogen-bond donors (Lipinski definition) is 4. The van der Waals surface area contributed by atoms with E-state index in [1.54, 1.807) is 25.2 Å². The van der Waals surface area contributed by atoms with Gasteiger partial charge in [0.2, 0.25) is 5.91 Å². The minimum absolute atomic E-state index is 0.0894. The van der Waals surface area contributed by atoms with E-state index in [-0.39, 0.29) is 18.4 Å². The summed E-state index contributed by atoms with van der Waals surface area (Å²) in [6, 6.07) is 4.92. The maximum atomic E-state index is 11.6. The van der Waals surface area contributed by atoms with Gasteiger partial charge in [-0.25, -0.2) is 0 Å². The highest BCUT2D eigenvalue weighted by molar-refractivity contribution is 5.96. The molecule has 6 nitrogen and oxygen atoms in total. The molecule has 0 bridgehead atoms. The predicted molar refractivity (Wildman–Crippen MR) is 80.6 cm³/mol. The lowest BCUT2D eigenvalue weighted by molar-refractivity contribution is -0.119. The first kappa shape index (κ1) is 15.8. The zero-order chi connectivity index (χ0) is 15.1. The van der Waals surface area contributed by atoms with Gasteiger partial charge >= 0.3 is 0 Å². The van der Waals surface area contributed by atoms with Crippen LogP contribution < -0.4 is 21.7 Å². The maximum Gasteiger partial charge on any atom is 0.251 e. The Morgan fingerprint density at radius 3 is 2.55 bits per heavy atom. The molecule has 0 spiro atoms. The Balaban J connectivity index is 2.56. The first-order valence-corrected chi connectivity index (χ1v) is 6.56. The Morgan fingerprint density at radius 2 is 2.00 bits per heavy atom. The minimum Gasteiger partial charge on any atom is -0.397 e. The molecular formula is C14H22N4O2. The van der Waals surface area contributed by atoms with E-state index < -0.39 is 0 Å². The molecule has 6 heteroatoms. The van der Waals surface area contributed by atoms with Crippen LogP contribution in [0.25, 0.3) is 0 Å². The molecule has 0 aliphatic rings. The van der Waals surface area contributed by atoms with Gasteiger partial charge in [0.15, 0.2) is 0 Å². The number of hydrogen-bond acceptors (Lipinski definition) is 4. The molecule has 0 radical (unpaired) electrons. The third kappa shape index (κ3) is 4.79. The number of carbonyl (C=O) groups is 2. The number of nitrogens with one attached hydrogen (secondary N) is 3. The van der Waals surface area contributed by atoms with E-state index >= 15 is 0 Å². The summed E-state index contributed by atoms with van der Waals surface area (Å²) in [6.07, 6.45) is 0. The summed E-state index contributed by atoms with van der Waals surface area (Å²) in [5, 5.41) is 8.28. The van der Waals surface area contributed by atoms with Crippen molar-refractivity contribution in [3.05, 3.63) is 23.8 Å². The first-order chi connectivity index (χ1) is 9.43. The fourth-order valence-corrected chi connectivity index (χ4v) is 1.57. The molecule has 0 aromatic heterocycles. The highest BCUT2D eigenvalue weighted by atomic mass is 16.2. The second-order valence-electron chi connectivity index (χ2n) is 4.93. The van der Waals surface area contributed by atoms with Crippen molar-refractivity contribution < 1.29 is 9.59 Å². The topological polar surface area (TPSA) is 96.2 Å². The van der Waals surface area contributed by atoms with Gasteiger partial charge in [-0.2, -0.15) is 0 Å². The number of rotatable bonds is 6. The van der Waals surface area contributed by atoms with Crippen LogP contribution in [0, 0.1) is 5.92 Å². The van der Waals surface area contributed by atoms with Crippen molar-refractivity contribution in [3.8, 4) is 0 Å². The molecule has 0 atom stereocenters. The van der Waals surface area contributed by atoms with Crippen molar-refractivity contribution in [1.82, 2.24) is 10.6 Å². The molecule has 0 unspecified atom stereocenters. The van der Waals surface area contributed by atoms with Crippen molar-refractivity contribution in [2.75, 3.05) is 31.2 Å². The third-order valence-electron chi connectivity index (χ3n) is 2.69. The summed E-state index contributed by atoms with van der Waals surface area (Å²) in [5.74, 6) is 0.127. The molecular weight excluding hydrogens is 256 g/mol. The fraction of sp³-hybridized carbons (Fsp3) is 0.429. The van der Waals surface area contributed by atoms with Crippen LogP contribution in [-0.2, 0) is 4.79 Å². The summed E-state index contributed by atoms with van der Waals surface area (Å²) in [7, 11) is 1.56. The molecule has 5 N–H and O–H groups in total. The summed E-state index contributed by atoms with van der Waals surface area (Å²) in [4.78, 5) is 23.0. The van der Waals surface area contributed by atoms with Gasteiger partial charge in [-0.1, -0.05) is 13.8 Å². The van der Waals surface area contributed by atoms with Crippen LogP contribution in [0.2, 0.25) is 0 Å². The van der Waals surface area contributed by atoms with Crippen LogP contribution in [0.3, 0.4) is 0 Å². The Bertz CT molecular complexity index is 486. The van der Waals surface area contributed by atoms with Gasteiger partial charge in [-0.05, 0) is 24.1 Å². The third-order valence-corrected chi connectivity index (χ3v) is 2.69. The van der Waals surface area contributed by atoms with Gasteiger partial charge in [0.25, 0.3) is 5.91 Å². The molecule has 20 heavy (non-hydrogen) atoms. The Hall–Kier alpha value is -2.24. The summed E-state index contributed by atoms with van der Waals surface area (Å²) in [6.45, 7) is 4.86. The van der Waals surface area contributed by atoms with Crippen LogP contribution >= 0.6 is 0 Å². The lowest BCUT2D eigenvalue weighted by Gasteiger charge is -2.11. The quantitative estimate of drug-likeness (QED) is 0.579. The van der Waals surface area contributed by atoms with Gasteiger partial charge in [-0.15, -0.1) is 0 Å². The van der Waals surface area contributed by atoms with Gasteiger partial charge in [0.05, 0.1) is 17.9 Å². The molecule has 0 fully saturated rings. The average molecular weight is 278 g/mol. The molecule has 2 amide bonds. The zero-order valence-electron chi connectivity index (χ0n) is 12.1. The van der Waals surface area contributed by atoms with Crippen LogP contribution in [0.5, 0.6) is 0 Å². The maximum absolute atomic E-state index is 11.6. The van der Waals surface area contributed by atoms with E-state index in [1.165, 1.54) is 0 Å². The van der Waals surface area contributed by atoms with Crippen LogP contribution in [-0.4, -0.2) is 32.0 Å². The Kier molecular flexibility index (Phi) is 5.83. The molecule has 0 aliphatic heterocycles. The fourth-order valence-electron chi connectivity index (χ4n) is 1.57. The van der Waals surface area contributed by atoms with Crippen molar-refractivity contribution in [2.45, 2.75) is 13.8 Å². The minimum atomic E-state index is -0.196. The van der Waals surface area contributed by atoms with Gasteiger partial charge in [0, 0.05) is 19.2 Å². The average Bonchev–Trinajstić information content (AvgIpc) is 2.42. The molecule has 110 valence electrons. The summed E-state index contributed by atoms with van der Waals surface area (Å²) < 4.78 is 0. The van der Waals surface area contributed by atoms with Crippen LogP contribution in [0.4, 0.5) is 11.4 Å². The Labute approximate surface area is 119 Å². The number of anilines is 2. The molecule has 0 aliphatic carbocycles. The normalized spacial score (nSPS) is 10.2. The highest BCUT2D eigenvalue weighted by Gasteiger charge is 2.07. The number of nitrogens with two attached hydrogens (primary N) is 1. The van der Waals surface area contributed by atoms with Crippen molar-refractivity contribution in [3.63, 3.8) is 0 Å². The van der Waals surface area contributed by atoms with Crippen molar-refractivity contribution >= 4 is 23.2 Å². The van der Waals surface area contributed by atoms with Crippen molar-refractivity contribution in [1.29, 1.82) is 0 Å². The van der Waals surface area contributed by atoms with Gasteiger partial charge in [-0.3, -0.25) is 9.59 Å². The molecule has 1 aromatic rings. The number of nitrogen functional groups attached to an aromatic ring is 1. The standard InChI is InChI=1S/C14H22N4O2/c1-9(2)7-18-13(19)8-17-12-5-4-10(6-11(12)15)14(20)16-3/h4-6,9,17H,7-8,15H2,1-3H3,(H,16,20)(H,18,19). The predicted octanol–water partition coefficient (Wildman–Crippen LogP) is 0.813. The zero-order valence-corrected chi connectivity index (χ0v) is 12.1. The van der Waals surface area contributed by atoms with Crippen molar-refractivity contribution in [2.24, 2.45) is 5.92 Å². The molecule has 0 saturated carbocycles. The lowest BCUT2D eigenvalue weighted by Crippen LogP contribution is -2.32. The molecule has 0 saturated heterocycles. The molecule has 1 rings (SSSR count). The SMILES string of the molecule is CNC(=O)c1ccc(NCC(=O)NCC(C)C)c(N)c1.